The lowest BCUT2D eigenvalue weighted by Gasteiger charge is -2.03. The molecule has 0 aliphatic rings. The van der Waals surface area contributed by atoms with Gasteiger partial charge in [-0.2, -0.15) is 0 Å². The quantitative estimate of drug-likeness (QED) is 0.719. The fraction of sp³-hybridized carbons (Fsp3) is 0. The number of halogens is 2. The van der Waals surface area contributed by atoms with E-state index in [0.29, 0.717) is 5.56 Å². The molecule has 0 aliphatic carbocycles. The van der Waals surface area contributed by atoms with Gasteiger partial charge in [0.2, 0.25) is 0 Å². The van der Waals surface area contributed by atoms with Gasteiger partial charge in [0.15, 0.2) is 0 Å². The monoisotopic (exact) mass is 234 g/mol. The Morgan fingerprint density at radius 1 is 1.00 bits per heavy atom. The number of carbonyl (C=O) groups excluding carboxylic acids is 1. The summed E-state index contributed by atoms with van der Waals surface area (Å²) in [5.74, 6) is -0.435. The lowest BCUT2D eigenvalue weighted by Crippen LogP contribution is -1.83. The van der Waals surface area contributed by atoms with E-state index in [4.69, 9.17) is 11.6 Å². The Hall–Kier alpha value is -1.67. The molecule has 0 unspecified atom stereocenters. The standard InChI is InChI=1S/C13H8ClFO/c14-12-7-11(5-6-13(12)15)10-3-1-9(8-16)2-4-10/h1-8H. The fourth-order valence-electron chi connectivity index (χ4n) is 1.43. The van der Waals surface area contributed by atoms with E-state index in [0.717, 1.165) is 17.4 Å². The van der Waals surface area contributed by atoms with E-state index in [1.165, 1.54) is 6.07 Å². The van der Waals surface area contributed by atoms with Crippen molar-refractivity contribution in [2.24, 2.45) is 0 Å². The molecule has 0 aromatic heterocycles. The Bertz CT molecular complexity index is 520. The number of carbonyl (C=O) groups is 1. The second-order valence-electron chi connectivity index (χ2n) is 3.37. The molecule has 0 saturated heterocycles. The second kappa shape index (κ2) is 4.45. The van der Waals surface area contributed by atoms with Gasteiger partial charge in [0, 0.05) is 5.56 Å². The molecule has 0 aliphatic heterocycles. The molecule has 1 nitrogen and oxygen atoms in total. The maximum atomic E-state index is 13.0. The highest BCUT2D eigenvalue weighted by Crippen LogP contribution is 2.24. The molecular formula is C13H8ClFO. The number of rotatable bonds is 2. The van der Waals surface area contributed by atoms with Crippen LogP contribution in [0.25, 0.3) is 11.1 Å². The van der Waals surface area contributed by atoms with Gasteiger partial charge in [-0.15, -0.1) is 0 Å². The number of hydrogen-bond acceptors (Lipinski definition) is 1. The van der Waals surface area contributed by atoms with Crippen LogP contribution in [-0.4, -0.2) is 6.29 Å². The van der Waals surface area contributed by atoms with Crippen LogP contribution in [0.15, 0.2) is 42.5 Å². The van der Waals surface area contributed by atoms with E-state index in [1.54, 1.807) is 36.4 Å². The van der Waals surface area contributed by atoms with Crippen molar-refractivity contribution in [2.45, 2.75) is 0 Å². The molecule has 0 amide bonds. The number of hydrogen-bond donors (Lipinski definition) is 0. The van der Waals surface area contributed by atoms with Crippen LogP contribution in [0.1, 0.15) is 10.4 Å². The topological polar surface area (TPSA) is 17.1 Å². The summed E-state index contributed by atoms with van der Waals surface area (Å²) in [5, 5.41) is 0.0944. The first kappa shape index (κ1) is 10.8. The van der Waals surface area contributed by atoms with Crippen molar-refractivity contribution in [3.8, 4) is 11.1 Å². The third-order valence-corrected chi connectivity index (χ3v) is 2.59. The van der Waals surface area contributed by atoms with Gasteiger partial charge in [-0.3, -0.25) is 4.79 Å². The highest BCUT2D eigenvalue weighted by atomic mass is 35.5. The van der Waals surface area contributed by atoms with Crippen molar-refractivity contribution in [3.63, 3.8) is 0 Å². The zero-order chi connectivity index (χ0) is 11.5. The highest BCUT2D eigenvalue weighted by Gasteiger charge is 2.02. The van der Waals surface area contributed by atoms with E-state index in [1.807, 2.05) is 0 Å². The minimum atomic E-state index is -0.435. The Morgan fingerprint density at radius 3 is 2.19 bits per heavy atom. The Labute approximate surface area is 97.5 Å². The SMILES string of the molecule is O=Cc1ccc(-c2ccc(F)c(Cl)c2)cc1. The van der Waals surface area contributed by atoms with Crippen LogP contribution in [0, 0.1) is 5.82 Å². The fourth-order valence-corrected chi connectivity index (χ4v) is 1.61. The lowest BCUT2D eigenvalue weighted by atomic mass is 10.0. The summed E-state index contributed by atoms with van der Waals surface area (Å²) < 4.78 is 13.0. The maximum Gasteiger partial charge on any atom is 0.150 e. The summed E-state index contributed by atoms with van der Waals surface area (Å²) >= 11 is 5.69. The molecule has 2 aromatic carbocycles. The van der Waals surface area contributed by atoms with E-state index in [2.05, 4.69) is 0 Å². The van der Waals surface area contributed by atoms with Gasteiger partial charge < -0.3 is 0 Å². The molecule has 0 atom stereocenters. The molecule has 0 fully saturated rings. The van der Waals surface area contributed by atoms with Gasteiger partial charge in [-0.05, 0) is 23.3 Å². The number of benzene rings is 2. The first-order valence-corrected chi connectivity index (χ1v) is 5.09. The molecule has 80 valence electrons. The van der Waals surface area contributed by atoms with Gasteiger partial charge in [0.1, 0.15) is 12.1 Å². The van der Waals surface area contributed by atoms with Crippen molar-refractivity contribution in [1.29, 1.82) is 0 Å². The van der Waals surface area contributed by atoms with Crippen LogP contribution in [0.5, 0.6) is 0 Å². The average molecular weight is 235 g/mol. The summed E-state index contributed by atoms with van der Waals surface area (Å²) in [5.41, 5.74) is 2.33. The number of aldehydes is 1. The summed E-state index contributed by atoms with van der Waals surface area (Å²) in [7, 11) is 0. The van der Waals surface area contributed by atoms with Crippen LogP contribution in [0.2, 0.25) is 5.02 Å². The highest BCUT2D eigenvalue weighted by molar-refractivity contribution is 6.31. The molecule has 0 N–H and O–H groups in total. The molecule has 0 spiro atoms. The predicted molar refractivity (Wildman–Crippen MR) is 62.2 cm³/mol. The van der Waals surface area contributed by atoms with Crippen LogP contribution in [0.4, 0.5) is 4.39 Å². The third kappa shape index (κ3) is 2.12. The molecule has 2 rings (SSSR count). The molecule has 0 heterocycles. The van der Waals surface area contributed by atoms with Crippen LogP contribution >= 0.6 is 11.6 Å². The van der Waals surface area contributed by atoms with Gasteiger partial charge >= 0.3 is 0 Å². The summed E-state index contributed by atoms with van der Waals surface area (Å²) in [4.78, 5) is 10.5. The normalized spacial score (nSPS) is 10.1. The van der Waals surface area contributed by atoms with Crippen LogP contribution < -0.4 is 0 Å². The average Bonchev–Trinajstić information content (AvgIpc) is 2.33. The molecule has 16 heavy (non-hydrogen) atoms. The van der Waals surface area contributed by atoms with Crippen molar-refractivity contribution in [2.75, 3.05) is 0 Å². The van der Waals surface area contributed by atoms with E-state index in [-0.39, 0.29) is 5.02 Å². The predicted octanol–water partition coefficient (Wildman–Crippen LogP) is 3.96. The van der Waals surface area contributed by atoms with Crippen molar-refractivity contribution in [1.82, 2.24) is 0 Å². The summed E-state index contributed by atoms with van der Waals surface area (Å²) in [6.45, 7) is 0. The zero-order valence-electron chi connectivity index (χ0n) is 8.28. The first-order chi connectivity index (χ1) is 7.70. The molecule has 3 heteroatoms. The van der Waals surface area contributed by atoms with Crippen molar-refractivity contribution >= 4 is 17.9 Å². The van der Waals surface area contributed by atoms with Crippen LogP contribution in [-0.2, 0) is 0 Å². The molecule has 0 bridgehead atoms. The first-order valence-electron chi connectivity index (χ1n) is 4.71. The zero-order valence-corrected chi connectivity index (χ0v) is 9.04. The minimum Gasteiger partial charge on any atom is -0.298 e. The molecule has 0 saturated carbocycles. The van der Waals surface area contributed by atoms with E-state index < -0.39 is 5.82 Å². The van der Waals surface area contributed by atoms with Crippen molar-refractivity contribution < 1.29 is 9.18 Å². The molecule has 2 aromatic rings. The second-order valence-corrected chi connectivity index (χ2v) is 3.78. The Kier molecular flexibility index (Phi) is 3.02. The third-order valence-electron chi connectivity index (χ3n) is 2.30. The van der Waals surface area contributed by atoms with Crippen LogP contribution in [0.3, 0.4) is 0 Å². The van der Waals surface area contributed by atoms with Gasteiger partial charge in [0.25, 0.3) is 0 Å². The summed E-state index contributed by atoms with van der Waals surface area (Å²) in [6, 6.07) is 11.6. The maximum absolute atomic E-state index is 13.0. The van der Waals surface area contributed by atoms with E-state index >= 15 is 0 Å². The lowest BCUT2D eigenvalue weighted by molar-refractivity contribution is 0.112. The van der Waals surface area contributed by atoms with Gasteiger partial charge in [-0.1, -0.05) is 41.9 Å². The van der Waals surface area contributed by atoms with Gasteiger partial charge in [-0.25, -0.2) is 4.39 Å². The largest absolute Gasteiger partial charge is 0.298 e. The Morgan fingerprint density at radius 2 is 1.62 bits per heavy atom. The van der Waals surface area contributed by atoms with Crippen molar-refractivity contribution in [3.05, 3.63) is 58.9 Å². The van der Waals surface area contributed by atoms with Gasteiger partial charge in [0.05, 0.1) is 5.02 Å². The molecular weight excluding hydrogens is 227 g/mol. The molecule has 0 radical (unpaired) electrons. The minimum absolute atomic E-state index is 0.0944. The van der Waals surface area contributed by atoms with E-state index in [9.17, 15) is 9.18 Å². The summed E-state index contributed by atoms with van der Waals surface area (Å²) in [6.07, 6.45) is 0.779. The Balaban J connectivity index is 2.42. The smallest absolute Gasteiger partial charge is 0.150 e.